The van der Waals surface area contributed by atoms with Crippen LogP contribution in [0.2, 0.25) is 5.02 Å². The molecule has 0 aliphatic carbocycles. The van der Waals surface area contributed by atoms with Gasteiger partial charge in [0.1, 0.15) is 16.8 Å². The molecule has 0 unspecified atom stereocenters. The van der Waals surface area contributed by atoms with E-state index in [-0.39, 0.29) is 16.9 Å². The standard InChI is InChI=1S/C14H9ClF2N2O/c1-20-12-7-8(15)5-6-9(12)14-18-13-10(16)3-2-4-11(13)19(14)17/h2-7H,1H3. The second kappa shape index (κ2) is 4.76. The Kier molecular flexibility index (Phi) is 3.06. The fourth-order valence-electron chi connectivity index (χ4n) is 2.05. The second-order valence-corrected chi connectivity index (χ2v) is 4.60. The van der Waals surface area contributed by atoms with Crippen LogP contribution in [0.15, 0.2) is 36.4 Å². The van der Waals surface area contributed by atoms with E-state index in [1.807, 2.05) is 0 Å². The van der Waals surface area contributed by atoms with Crippen molar-refractivity contribution in [2.24, 2.45) is 0 Å². The van der Waals surface area contributed by atoms with Crippen molar-refractivity contribution in [1.82, 2.24) is 9.77 Å². The molecule has 0 aliphatic rings. The molecule has 0 saturated carbocycles. The monoisotopic (exact) mass is 294 g/mol. The van der Waals surface area contributed by atoms with Crippen molar-refractivity contribution in [3.63, 3.8) is 0 Å². The fourth-order valence-corrected chi connectivity index (χ4v) is 2.21. The van der Waals surface area contributed by atoms with Gasteiger partial charge < -0.3 is 4.74 Å². The molecule has 1 heterocycles. The number of hydrogen-bond donors (Lipinski definition) is 0. The zero-order valence-electron chi connectivity index (χ0n) is 10.4. The molecule has 6 heteroatoms. The third kappa shape index (κ3) is 1.91. The predicted molar refractivity (Wildman–Crippen MR) is 73.2 cm³/mol. The van der Waals surface area contributed by atoms with Crippen LogP contribution in [0, 0.1) is 5.82 Å². The largest absolute Gasteiger partial charge is 0.496 e. The van der Waals surface area contributed by atoms with Crippen LogP contribution in [0.4, 0.5) is 8.87 Å². The lowest BCUT2D eigenvalue weighted by Gasteiger charge is -2.07. The summed E-state index contributed by atoms with van der Waals surface area (Å²) in [6.07, 6.45) is 0. The maximum absolute atomic E-state index is 14.3. The van der Waals surface area contributed by atoms with Crippen molar-refractivity contribution in [3.05, 3.63) is 47.2 Å². The molecule has 20 heavy (non-hydrogen) atoms. The Bertz CT molecular complexity index is 801. The van der Waals surface area contributed by atoms with Gasteiger partial charge in [-0.1, -0.05) is 22.1 Å². The topological polar surface area (TPSA) is 27.1 Å². The normalized spacial score (nSPS) is 11.0. The number of hydrogen-bond acceptors (Lipinski definition) is 2. The quantitative estimate of drug-likeness (QED) is 0.707. The first kappa shape index (κ1) is 12.9. The summed E-state index contributed by atoms with van der Waals surface area (Å²) >= 11 is 5.87. The highest BCUT2D eigenvalue weighted by Crippen LogP contribution is 2.34. The Labute approximate surface area is 118 Å². The summed E-state index contributed by atoms with van der Waals surface area (Å²) in [6, 6.07) is 8.84. The number of aromatic nitrogens is 2. The minimum Gasteiger partial charge on any atom is -0.496 e. The first-order valence-corrected chi connectivity index (χ1v) is 6.16. The van der Waals surface area contributed by atoms with Gasteiger partial charge in [0.15, 0.2) is 11.6 Å². The van der Waals surface area contributed by atoms with E-state index >= 15 is 0 Å². The van der Waals surface area contributed by atoms with Crippen LogP contribution in [-0.2, 0) is 0 Å². The number of rotatable bonds is 2. The molecule has 0 radical (unpaired) electrons. The minimum absolute atomic E-state index is 0.0259. The third-order valence-corrected chi connectivity index (χ3v) is 3.22. The van der Waals surface area contributed by atoms with Gasteiger partial charge in [-0.3, -0.25) is 0 Å². The van der Waals surface area contributed by atoms with E-state index in [1.54, 1.807) is 18.2 Å². The zero-order chi connectivity index (χ0) is 14.3. The predicted octanol–water partition coefficient (Wildman–Crippen LogP) is 4.24. The van der Waals surface area contributed by atoms with Crippen molar-refractivity contribution in [3.8, 4) is 17.1 Å². The van der Waals surface area contributed by atoms with E-state index in [0.29, 0.717) is 21.1 Å². The molecule has 2 aromatic carbocycles. The van der Waals surface area contributed by atoms with E-state index in [9.17, 15) is 8.87 Å². The highest BCUT2D eigenvalue weighted by Gasteiger charge is 2.18. The van der Waals surface area contributed by atoms with Crippen molar-refractivity contribution >= 4 is 22.6 Å². The molecule has 3 rings (SSSR count). The number of imidazole rings is 1. The van der Waals surface area contributed by atoms with Crippen LogP contribution in [0.5, 0.6) is 5.75 Å². The van der Waals surface area contributed by atoms with Crippen LogP contribution in [0.1, 0.15) is 0 Å². The lowest BCUT2D eigenvalue weighted by Crippen LogP contribution is -1.93. The van der Waals surface area contributed by atoms with Crippen molar-refractivity contribution in [1.29, 1.82) is 0 Å². The van der Waals surface area contributed by atoms with Gasteiger partial charge >= 0.3 is 0 Å². The summed E-state index contributed by atoms with van der Waals surface area (Å²) < 4.78 is 33.1. The molecule has 3 nitrogen and oxygen atoms in total. The highest BCUT2D eigenvalue weighted by atomic mass is 35.5. The molecule has 0 spiro atoms. The average molecular weight is 295 g/mol. The Morgan fingerprint density at radius 1 is 1.25 bits per heavy atom. The van der Waals surface area contributed by atoms with E-state index < -0.39 is 5.82 Å². The number of para-hydroxylation sites is 1. The second-order valence-electron chi connectivity index (χ2n) is 4.17. The van der Waals surface area contributed by atoms with E-state index in [2.05, 4.69) is 4.98 Å². The zero-order valence-corrected chi connectivity index (χ0v) is 11.2. The molecule has 0 fully saturated rings. The third-order valence-electron chi connectivity index (χ3n) is 2.99. The molecule has 0 saturated heterocycles. The van der Waals surface area contributed by atoms with Gasteiger partial charge in [-0.25, -0.2) is 9.37 Å². The van der Waals surface area contributed by atoms with E-state index in [4.69, 9.17) is 16.3 Å². The van der Waals surface area contributed by atoms with Gasteiger partial charge in [0.25, 0.3) is 0 Å². The molecular formula is C14H9ClF2N2O. The van der Waals surface area contributed by atoms with Crippen LogP contribution < -0.4 is 4.74 Å². The molecule has 102 valence electrons. The molecule has 0 atom stereocenters. The van der Waals surface area contributed by atoms with Gasteiger partial charge in [0, 0.05) is 5.02 Å². The van der Waals surface area contributed by atoms with Crippen LogP contribution in [-0.4, -0.2) is 16.9 Å². The summed E-state index contributed by atoms with van der Waals surface area (Å²) in [7, 11) is 1.45. The van der Waals surface area contributed by atoms with Gasteiger partial charge in [-0.05, 0) is 30.3 Å². The summed E-state index contributed by atoms with van der Waals surface area (Å²) in [5.41, 5.74) is 0.439. The number of nitrogens with zero attached hydrogens (tertiary/aromatic N) is 2. The lowest BCUT2D eigenvalue weighted by molar-refractivity contribution is 0.386. The van der Waals surface area contributed by atoms with Gasteiger partial charge in [0.05, 0.1) is 12.7 Å². The Morgan fingerprint density at radius 3 is 2.75 bits per heavy atom. The maximum atomic E-state index is 14.3. The molecule has 0 bridgehead atoms. The van der Waals surface area contributed by atoms with Crippen molar-refractivity contribution < 1.29 is 13.6 Å². The van der Waals surface area contributed by atoms with E-state index in [0.717, 1.165) is 0 Å². The van der Waals surface area contributed by atoms with Crippen LogP contribution in [0.3, 0.4) is 0 Å². The average Bonchev–Trinajstić information content (AvgIpc) is 2.78. The molecule has 0 aliphatic heterocycles. The van der Waals surface area contributed by atoms with Gasteiger partial charge in [-0.15, -0.1) is 0 Å². The Morgan fingerprint density at radius 2 is 2.05 bits per heavy atom. The van der Waals surface area contributed by atoms with Crippen LogP contribution in [0.25, 0.3) is 22.4 Å². The highest BCUT2D eigenvalue weighted by molar-refractivity contribution is 6.30. The fraction of sp³-hybridized carbons (Fsp3) is 0.0714. The molecule has 1 aromatic heterocycles. The van der Waals surface area contributed by atoms with Gasteiger partial charge in [-0.2, -0.15) is 4.79 Å². The number of halogens is 3. The molecule has 0 N–H and O–H groups in total. The van der Waals surface area contributed by atoms with Crippen LogP contribution >= 0.6 is 11.6 Å². The number of benzene rings is 2. The van der Waals surface area contributed by atoms with Crippen molar-refractivity contribution in [2.75, 3.05) is 7.11 Å². The summed E-state index contributed by atoms with van der Waals surface area (Å²) in [6.45, 7) is 0. The number of methoxy groups -OCH3 is 1. The molecular weight excluding hydrogens is 286 g/mol. The minimum atomic E-state index is -0.576. The molecule has 3 aromatic rings. The van der Waals surface area contributed by atoms with E-state index in [1.165, 1.54) is 25.3 Å². The summed E-state index contributed by atoms with van der Waals surface area (Å²) in [5, 5.41) is 0.457. The smallest absolute Gasteiger partial charge is 0.175 e. The van der Waals surface area contributed by atoms with Gasteiger partial charge in [0.2, 0.25) is 0 Å². The Balaban J connectivity index is 2.30. The maximum Gasteiger partial charge on any atom is 0.175 e. The van der Waals surface area contributed by atoms with Crippen molar-refractivity contribution in [2.45, 2.75) is 0 Å². The molecule has 0 amide bonds. The summed E-state index contributed by atoms with van der Waals surface area (Å²) in [4.78, 5) is 4.35. The SMILES string of the molecule is COc1cc(Cl)ccc1-c1nc2c(F)cccc2n1F. The lowest BCUT2D eigenvalue weighted by atomic mass is 10.2. The first-order valence-electron chi connectivity index (χ1n) is 5.79. The first-order chi connectivity index (χ1) is 9.61. The number of fused-ring (bicyclic) bond motifs is 1. The summed E-state index contributed by atoms with van der Waals surface area (Å²) in [5.74, 6) is -0.237. The number of ether oxygens (including phenoxy) is 1. The Hall–Kier alpha value is -2.14.